The van der Waals surface area contributed by atoms with Gasteiger partial charge < -0.3 is 94.8 Å². The lowest BCUT2D eigenvalue weighted by atomic mass is 9.95. The quantitative estimate of drug-likeness (QED) is 0.0228. The maximum Gasteiger partial charge on any atom is 0.407 e. The van der Waals surface area contributed by atoms with Gasteiger partial charge in [-0.3, -0.25) is 58.2 Å². The van der Waals surface area contributed by atoms with Crippen LogP contribution < -0.4 is 70.5 Å². The second-order valence-electron chi connectivity index (χ2n) is 36.9. The molecule has 0 saturated carbocycles. The number of nitrogens with two attached hydrogens (primary N) is 6. The molecule has 750 valence electrons. The number of halogens is 2. The van der Waals surface area contributed by atoms with E-state index in [9.17, 15) is 51.9 Å². The number of alkyl carbamates (subject to hydrolysis) is 2. The number of nitrogens with zero attached hydrogens (tertiary/aromatic N) is 12. The summed E-state index contributed by atoms with van der Waals surface area (Å²) in [5, 5.41) is 41.6. The standard InChI is InChI=1S/C25H28FN7O3S.C22H30FN5O4.C13H19N3O.C13H15N3O.C13H14N2O2.C11H21N3O3.2CH4/c1-36-22-5-3-19-23(32-22)16(18(26)10-29-19)6-7-33-11-14(17(12-33)24(27)35)8-28-9-15-2-4-20-25(30-15)31-21(34)13-37-20;1-22(2,3)32-21(30)26-9-13-11-28(12-15(13)20(24)29)8-7-14-16(23)10-25-17-5-6-18(31-4)27-19(14)17;2*14-6-11-8-16(9-12(11)13(15)17)7-10-4-2-1-3-5-10;14-6-11-8-15(9-12(11)13(16)17)7-10-4-2-1-3-5-10;1-11(2,3)17-10(16)14-5-7-4-13-6-8(7)9(12)15;;/h2-5,10,14,17,28H,6-9,11-13H2,1H3,(H2,27,35)(H,30,31,34);5-6,10,13,15H,7-9,11-12H2,1-4H3,(H2,24,29)(H,26,30);1-5,11-12H,6-9,14H2,(H2,15,17);1-5,11-12H,7-9H2,(H2,15,17);1-5,11-12H,7-9H2,(H,16,17);7-8,13H,4-6H2,1-3H3,(H2,12,15)(H,14,16);2*1H4/t14-,17+;13-,15+;3*11-,12+;7-,8-;;/m000001../s1. The molecule has 40 heteroatoms. The number of amides is 8. The average molecular weight is 1940 g/mol. The van der Waals surface area contributed by atoms with E-state index in [-0.39, 0.29) is 104 Å². The van der Waals surface area contributed by atoms with E-state index in [0.29, 0.717) is 181 Å². The highest BCUT2D eigenvalue weighted by Gasteiger charge is 2.42. The first-order valence-electron chi connectivity index (χ1n) is 45.5. The summed E-state index contributed by atoms with van der Waals surface area (Å²) in [6.07, 6.45) is 2.20. The van der Waals surface area contributed by atoms with Crippen molar-refractivity contribution in [3.63, 3.8) is 0 Å². The lowest BCUT2D eigenvalue weighted by Crippen LogP contribution is -2.39. The zero-order chi connectivity index (χ0) is 99.2. The van der Waals surface area contributed by atoms with Crippen molar-refractivity contribution < 1.29 is 76.0 Å². The number of benzene rings is 3. The Kier molecular flexibility index (Phi) is 42.9. The first-order valence-corrected chi connectivity index (χ1v) is 46.5. The van der Waals surface area contributed by atoms with E-state index in [0.717, 1.165) is 42.3 Å². The van der Waals surface area contributed by atoms with Crippen LogP contribution in [0, 0.1) is 105 Å². The van der Waals surface area contributed by atoms with Gasteiger partial charge in [-0.05, 0) is 114 Å². The van der Waals surface area contributed by atoms with Gasteiger partial charge in [0.1, 0.15) is 28.7 Å². The molecule has 37 nitrogen and oxygen atoms in total. The minimum absolute atomic E-state index is 0. The topological polar surface area (TPSA) is 555 Å². The van der Waals surface area contributed by atoms with Crippen LogP contribution in [0.25, 0.3) is 22.1 Å². The van der Waals surface area contributed by atoms with E-state index in [4.69, 9.17) is 69.0 Å². The number of anilines is 1. The van der Waals surface area contributed by atoms with Gasteiger partial charge in [0.15, 0.2) is 0 Å². The highest BCUT2D eigenvalue weighted by atomic mass is 32.2. The molecular weight excluding hydrogens is 1810 g/mol. The average Bonchev–Trinajstić information content (AvgIpc) is 1.42. The Morgan fingerprint density at radius 2 is 0.906 bits per heavy atom. The van der Waals surface area contributed by atoms with Gasteiger partial charge in [-0.25, -0.2) is 33.3 Å². The van der Waals surface area contributed by atoms with Crippen LogP contribution >= 0.6 is 11.8 Å². The number of hydrogen-bond donors (Lipinski definition) is 12. The van der Waals surface area contributed by atoms with Gasteiger partial charge in [0.2, 0.25) is 47.2 Å². The molecule has 6 saturated heterocycles. The monoisotopic (exact) mass is 1940 g/mol. The molecule has 0 radical (unpaired) electrons. The highest BCUT2D eigenvalue weighted by molar-refractivity contribution is 8.00. The molecule has 7 aliphatic rings. The molecule has 0 unspecified atom stereocenters. The summed E-state index contributed by atoms with van der Waals surface area (Å²) < 4.78 is 50.0. The summed E-state index contributed by atoms with van der Waals surface area (Å²) in [4.78, 5) is 137. The first-order chi connectivity index (χ1) is 65.4. The summed E-state index contributed by atoms with van der Waals surface area (Å²) in [7, 11) is 3.02. The van der Waals surface area contributed by atoms with E-state index in [1.165, 1.54) is 49.5 Å². The van der Waals surface area contributed by atoms with Gasteiger partial charge in [-0.2, -0.15) is 10.5 Å². The maximum absolute atomic E-state index is 14.7. The fourth-order valence-electron chi connectivity index (χ4n) is 17.6. The fourth-order valence-corrected chi connectivity index (χ4v) is 18.3. The Balaban J connectivity index is 0.000000211. The molecule has 12 atom stereocenters. The number of rotatable bonds is 29. The Morgan fingerprint density at radius 1 is 0.504 bits per heavy atom. The molecule has 0 bridgehead atoms. The molecule has 5 aromatic heterocycles. The Morgan fingerprint density at radius 3 is 1.31 bits per heavy atom. The van der Waals surface area contributed by atoms with Gasteiger partial charge in [0, 0.05) is 173 Å². The maximum atomic E-state index is 14.7. The number of ether oxygens (including phenoxy) is 4. The number of carbonyl (C=O) groups is 9. The van der Waals surface area contributed by atoms with Crippen molar-refractivity contribution in [2.75, 3.05) is 143 Å². The Hall–Kier alpha value is -12.8. The van der Waals surface area contributed by atoms with E-state index in [1.807, 2.05) is 101 Å². The molecule has 0 aliphatic carbocycles. The summed E-state index contributed by atoms with van der Waals surface area (Å²) in [6, 6.07) is 45.2. The fraction of sp³-hybridized carbons (Fsp3) is 0.495. The molecule has 8 aromatic rings. The molecule has 8 amide bonds. The normalized spacial score (nSPS) is 21.6. The van der Waals surface area contributed by atoms with Crippen LogP contribution in [0.4, 0.5) is 24.2 Å². The molecule has 12 heterocycles. The van der Waals surface area contributed by atoms with Crippen molar-refractivity contribution in [3.8, 4) is 23.9 Å². The first kappa shape index (κ1) is 112. The van der Waals surface area contributed by atoms with Gasteiger partial charge in [-0.15, -0.1) is 11.8 Å². The van der Waals surface area contributed by atoms with E-state index in [1.54, 1.807) is 65.8 Å². The number of carbonyl (C=O) groups excluding carboxylic acids is 8. The van der Waals surface area contributed by atoms with Crippen LogP contribution in [0.15, 0.2) is 145 Å². The third kappa shape index (κ3) is 33.8. The minimum atomic E-state index is -0.868. The third-order valence-electron chi connectivity index (χ3n) is 24.5. The number of fused-ring (bicyclic) bond motifs is 3. The summed E-state index contributed by atoms with van der Waals surface area (Å²) in [6.45, 7) is 23.6. The number of carboxylic acid groups (broad SMARTS) is 1. The van der Waals surface area contributed by atoms with Crippen molar-refractivity contribution in [3.05, 3.63) is 185 Å². The summed E-state index contributed by atoms with van der Waals surface area (Å²) in [5.74, 6) is -4.16. The Labute approximate surface area is 815 Å². The molecule has 0 spiro atoms. The predicted molar refractivity (Wildman–Crippen MR) is 523 cm³/mol. The number of nitriles is 2. The van der Waals surface area contributed by atoms with Crippen LogP contribution in [0.3, 0.4) is 0 Å². The molecule has 7 aliphatic heterocycles. The van der Waals surface area contributed by atoms with E-state index in [2.05, 4.69) is 90.5 Å². The van der Waals surface area contributed by atoms with E-state index >= 15 is 0 Å². The number of aliphatic carboxylic acids is 1. The van der Waals surface area contributed by atoms with Crippen LogP contribution in [-0.4, -0.2) is 257 Å². The number of hydrogen-bond acceptors (Lipinski definition) is 29. The zero-order valence-corrected chi connectivity index (χ0v) is 79.5. The predicted octanol–water partition coefficient (Wildman–Crippen LogP) is 6.83. The van der Waals surface area contributed by atoms with Crippen molar-refractivity contribution in [1.82, 2.24) is 70.7 Å². The molecule has 6 fully saturated rings. The SMILES string of the molecule is C.C.CC(C)(C)OC(=O)NC[C@H]1CNC[C@H]1C(N)=O.COc1ccc2ncc(F)c(CCN3C[C@H](CNC(=O)OC(C)(C)C)[C@H](C(N)=O)C3)c2n1.COc1ccc2ncc(F)c(CCN3C[C@H](CNCc4ccc5c(n4)NC(=O)CS5)[C@H](C(N)=O)C3)c2n1.N#C[C@H]1CN(Cc2ccccc2)C[C@H]1C(=O)O.N#C[C@H]1CN(Cc2ccccc2)C[C@H]1C(N)=O.NC[C@H]1CN(Cc2ccccc2)C[C@H]1C(N)=O. The number of aromatic nitrogens is 5. The van der Waals surface area contributed by atoms with Crippen molar-refractivity contribution in [2.45, 2.75) is 112 Å². The number of likely N-dealkylation sites (tertiary alicyclic amines) is 5. The number of nitrogens with one attached hydrogen (secondary N) is 5. The number of thioether (sulfide) groups is 1. The molecule has 15 rings (SSSR count). The number of primary amides is 5. The van der Waals surface area contributed by atoms with Gasteiger partial charge in [-0.1, -0.05) is 106 Å². The van der Waals surface area contributed by atoms with E-state index < -0.39 is 64.7 Å². The van der Waals surface area contributed by atoms with Crippen LogP contribution in [0.1, 0.15) is 89.9 Å². The number of carboxylic acids is 1. The van der Waals surface area contributed by atoms with Gasteiger partial charge in [0.05, 0.1) is 125 Å². The number of methoxy groups -OCH3 is 2. The Bertz CT molecular complexity index is 5440. The highest BCUT2D eigenvalue weighted by Crippen LogP contribution is 2.34. The minimum Gasteiger partial charge on any atom is -0.481 e. The molecule has 3 aromatic carbocycles. The van der Waals surface area contributed by atoms with Crippen molar-refractivity contribution >= 4 is 93.2 Å². The molecule has 18 N–H and O–H groups in total. The van der Waals surface area contributed by atoms with Gasteiger partial charge in [0.25, 0.3) is 0 Å². The largest absolute Gasteiger partial charge is 0.481 e. The van der Waals surface area contributed by atoms with Crippen LogP contribution in [-0.2, 0) is 82.1 Å². The lowest BCUT2D eigenvalue weighted by molar-refractivity contribution is -0.142. The van der Waals surface area contributed by atoms with Crippen LogP contribution in [0.2, 0.25) is 0 Å². The smallest absolute Gasteiger partial charge is 0.407 e. The second kappa shape index (κ2) is 53.4. The second-order valence-corrected chi connectivity index (χ2v) is 38.0. The summed E-state index contributed by atoms with van der Waals surface area (Å²) >= 11 is 1.47. The summed E-state index contributed by atoms with van der Waals surface area (Å²) in [5.41, 5.74) is 39.3. The van der Waals surface area contributed by atoms with Crippen molar-refractivity contribution in [2.24, 2.45) is 105 Å². The zero-order valence-electron chi connectivity index (χ0n) is 78.6. The molecule has 139 heavy (non-hydrogen) atoms. The van der Waals surface area contributed by atoms with Gasteiger partial charge >= 0.3 is 18.2 Å². The van der Waals surface area contributed by atoms with Crippen LogP contribution in [0.5, 0.6) is 11.8 Å². The lowest BCUT2D eigenvalue weighted by Gasteiger charge is -2.21. The molecular formula is C99H135F2N23O14S. The van der Waals surface area contributed by atoms with Crippen molar-refractivity contribution in [1.29, 1.82) is 10.5 Å². The number of pyridine rings is 5. The third-order valence-corrected chi connectivity index (χ3v) is 25.6.